The van der Waals surface area contributed by atoms with E-state index in [0.29, 0.717) is 56.9 Å². The Morgan fingerprint density at radius 3 is 2.28 bits per heavy atom. The van der Waals surface area contributed by atoms with Gasteiger partial charge in [0.15, 0.2) is 5.79 Å². The third kappa shape index (κ3) is 10.0. The molecular weight excluding hydrogens is 738 g/mol. The van der Waals surface area contributed by atoms with Crippen molar-refractivity contribution in [1.29, 1.82) is 0 Å². The van der Waals surface area contributed by atoms with Gasteiger partial charge in [-0.3, -0.25) is 9.59 Å². The molecule has 14 nitrogen and oxygen atoms in total. The van der Waals surface area contributed by atoms with Gasteiger partial charge in [-0.15, -0.1) is 0 Å². The Hall–Kier alpha value is -2.27. The van der Waals surface area contributed by atoms with Crippen LogP contribution in [-0.2, 0) is 42.8 Å². The zero-order chi connectivity index (χ0) is 41.8. The molecule has 3 saturated heterocycles. The third-order valence-electron chi connectivity index (χ3n) is 13.5. The molecule has 57 heavy (non-hydrogen) atoms. The first-order valence-corrected chi connectivity index (χ1v) is 21.1. The SMILES string of the molecule is CC[C@@H]1C=C2COC1(O)C[C@H](O)[C@@H](C)C(/C(C)=C/[C@@H]1CC[C@@H](O)[C@H](OC)C1)OC(=O)[C@@H]1CCCCN1C(=O)C(=O)[C@]1(O)O[C@H]([C@@H](OC)C[C@@H](C)C2)[C@@H](OC)C[C@H]1C. The maximum atomic E-state index is 14.4. The van der Waals surface area contributed by atoms with Crippen LogP contribution in [0.25, 0.3) is 0 Å². The molecule has 324 valence electrons. The number of esters is 1. The van der Waals surface area contributed by atoms with Gasteiger partial charge in [0.2, 0.25) is 5.79 Å². The maximum absolute atomic E-state index is 14.4. The third-order valence-corrected chi connectivity index (χ3v) is 13.5. The minimum Gasteiger partial charge on any atom is -0.456 e. The molecule has 0 aromatic heterocycles. The van der Waals surface area contributed by atoms with E-state index in [4.69, 9.17) is 28.4 Å². The fourth-order valence-electron chi connectivity index (χ4n) is 9.94. The summed E-state index contributed by atoms with van der Waals surface area (Å²) in [7, 11) is 4.63. The van der Waals surface area contributed by atoms with Crippen LogP contribution in [0.15, 0.2) is 23.3 Å². The van der Waals surface area contributed by atoms with Crippen LogP contribution in [-0.4, -0.2) is 138 Å². The number of aliphatic hydroxyl groups excluding tert-OH is 2. The first kappa shape index (κ1) is 45.8. The molecule has 6 aliphatic rings. The molecule has 0 spiro atoms. The van der Waals surface area contributed by atoms with Gasteiger partial charge in [0.05, 0.1) is 37.1 Å². The lowest BCUT2D eigenvalue weighted by Crippen LogP contribution is -2.64. The van der Waals surface area contributed by atoms with Crippen LogP contribution >= 0.6 is 0 Å². The number of hydrogen-bond acceptors (Lipinski definition) is 13. The van der Waals surface area contributed by atoms with Gasteiger partial charge in [-0.2, -0.15) is 0 Å². The molecule has 2 unspecified atom stereocenters. The molecule has 4 fully saturated rings. The quantitative estimate of drug-likeness (QED) is 0.173. The highest BCUT2D eigenvalue weighted by atomic mass is 16.7. The van der Waals surface area contributed by atoms with Gasteiger partial charge in [0.1, 0.15) is 18.2 Å². The molecule has 1 saturated carbocycles. The predicted molar refractivity (Wildman–Crippen MR) is 208 cm³/mol. The topological polar surface area (TPSA) is 191 Å². The summed E-state index contributed by atoms with van der Waals surface area (Å²) in [5.41, 5.74) is 1.65. The van der Waals surface area contributed by atoms with E-state index in [1.807, 2.05) is 26.0 Å². The van der Waals surface area contributed by atoms with Gasteiger partial charge in [0, 0.05) is 52.0 Å². The van der Waals surface area contributed by atoms with E-state index in [9.17, 15) is 34.8 Å². The Bertz CT molecular complexity index is 1470. The number of hydrogen-bond donors (Lipinski definition) is 4. The molecule has 6 rings (SSSR count). The number of allylic oxidation sites excluding steroid dienone is 1. The number of carbonyl (C=O) groups excluding carboxylic acids is 3. The van der Waals surface area contributed by atoms with Crippen LogP contribution in [0.4, 0.5) is 0 Å². The van der Waals surface area contributed by atoms with Crippen LogP contribution in [0.3, 0.4) is 0 Å². The second-order valence-electron chi connectivity index (χ2n) is 17.6. The van der Waals surface area contributed by atoms with Gasteiger partial charge in [0.25, 0.3) is 11.7 Å². The van der Waals surface area contributed by atoms with E-state index >= 15 is 0 Å². The number of ether oxygens (including phenoxy) is 6. The summed E-state index contributed by atoms with van der Waals surface area (Å²) in [6.45, 7) is 9.47. The molecule has 4 bridgehead atoms. The van der Waals surface area contributed by atoms with Gasteiger partial charge in [-0.25, -0.2) is 4.79 Å². The van der Waals surface area contributed by atoms with Crippen molar-refractivity contribution in [2.24, 2.45) is 29.6 Å². The fraction of sp³-hybridized carbons (Fsp3) is 0.837. The zero-order valence-corrected chi connectivity index (χ0v) is 35.3. The molecule has 0 radical (unpaired) electrons. The molecule has 5 heterocycles. The molecule has 5 aliphatic heterocycles. The predicted octanol–water partition coefficient (Wildman–Crippen LogP) is 3.60. The summed E-state index contributed by atoms with van der Waals surface area (Å²) in [6.07, 6.45) is 3.70. The van der Waals surface area contributed by atoms with E-state index < -0.39 is 89.7 Å². The lowest BCUT2D eigenvalue weighted by molar-refractivity contribution is -0.302. The summed E-state index contributed by atoms with van der Waals surface area (Å²) in [6, 6.07) is -1.14. The van der Waals surface area contributed by atoms with Crippen LogP contribution < -0.4 is 0 Å². The van der Waals surface area contributed by atoms with Crippen molar-refractivity contribution in [3.8, 4) is 0 Å². The Morgan fingerprint density at radius 2 is 1.61 bits per heavy atom. The van der Waals surface area contributed by atoms with Crippen molar-refractivity contribution in [2.75, 3.05) is 34.5 Å². The molecule has 15 atom stereocenters. The maximum Gasteiger partial charge on any atom is 0.329 e. The summed E-state index contributed by atoms with van der Waals surface area (Å²) >= 11 is 0. The number of fused-ring (bicyclic) bond motifs is 11. The Balaban J connectivity index is 1.55. The summed E-state index contributed by atoms with van der Waals surface area (Å²) in [5, 5.41) is 46.4. The number of carbonyl (C=O) groups is 3. The fourth-order valence-corrected chi connectivity index (χ4v) is 9.94. The van der Waals surface area contributed by atoms with Crippen molar-refractivity contribution >= 4 is 17.7 Å². The van der Waals surface area contributed by atoms with E-state index in [1.54, 1.807) is 21.0 Å². The largest absolute Gasteiger partial charge is 0.456 e. The van der Waals surface area contributed by atoms with Gasteiger partial charge in [-0.05, 0) is 94.1 Å². The zero-order valence-electron chi connectivity index (χ0n) is 35.3. The molecular formula is C43H69NO13. The molecule has 1 aliphatic carbocycles. The molecule has 0 aromatic rings. The highest BCUT2D eigenvalue weighted by molar-refractivity contribution is 6.39. The molecule has 14 heteroatoms. The van der Waals surface area contributed by atoms with E-state index in [-0.39, 0.29) is 50.4 Å². The van der Waals surface area contributed by atoms with E-state index in [1.165, 1.54) is 19.1 Å². The number of Topliss-reactive ketones (excluding diaryl/α,β-unsaturated/α-hetero) is 1. The monoisotopic (exact) mass is 807 g/mol. The van der Waals surface area contributed by atoms with Gasteiger partial charge >= 0.3 is 5.97 Å². The van der Waals surface area contributed by atoms with Gasteiger partial charge < -0.3 is 53.7 Å². The number of methoxy groups -OCH3 is 3. The Kier molecular flexibility index (Phi) is 15.6. The smallest absolute Gasteiger partial charge is 0.329 e. The number of amides is 1. The van der Waals surface area contributed by atoms with Crippen LogP contribution in [0.5, 0.6) is 0 Å². The average molecular weight is 808 g/mol. The molecule has 0 aromatic carbocycles. The minimum atomic E-state index is -2.51. The Labute approximate surface area is 338 Å². The number of rotatable bonds is 6. The Morgan fingerprint density at radius 1 is 0.930 bits per heavy atom. The summed E-state index contributed by atoms with van der Waals surface area (Å²) in [5.74, 6) is -9.10. The average Bonchev–Trinajstić information content (AvgIpc) is 3.19. The number of ketones is 1. The number of piperidine rings is 1. The van der Waals surface area contributed by atoms with E-state index in [2.05, 4.69) is 6.92 Å². The molecule has 4 N–H and O–H groups in total. The van der Waals surface area contributed by atoms with Crippen molar-refractivity contribution in [1.82, 2.24) is 4.90 Å². The summed E-state index contributed by atoms with van der Waals surface area (Å²) in [4.78, 5) is 44.0. The second-order valence-corrected chi connectivity index (χ2v) is 17.6. The number of aliphatic hydroxyl groups is 4. The van der Waals surface area contributed by atoms with Crippen molar-refractivity contribution in [3.05, 3.63) is 23.3 Å². The first-order valence-electron chi connectivity index (χ1n) is 21.1. The van der Waals surface area contributed by atoms with Gasteiger partial charge in [-0.1, -0.05) is 39.8 Å². The van der Waals surface area contributed by atoms with Crippen LogP contribution in [0, 0.1) is 29.6 Å². The first-order chi connectivity index (χ1) is 27.0. The van der Waals surface area contributed by atoms with Crippen molar-refractivity contribution in [2.45, 2.75) is 166 Å². The lowest BCUT2D eigenvalue weighted by atomic mass is 9.80. The highest BCUT2D eigenvalue weighted by Gasteiger charge is 2.57. The highest BCUT2D eigenvalue weighted by Crippen LogP contribution is 2.41. The van der Waals surface area contributed by atoms with Crippen molar-refractivity contribution in [3.63, 3.8) is 0 Å². The standard InChI is InChI=1S/C43H69NO13/c1-9-30-20-29-16-24(2)17-35(53-7)38-36(54-8)19-26(4)43(51,57-38)39(47)40(48)44-15-11-10-12-31(44)41(49)56-37(27(5)33(46)22-42(30,50)55-23-29)25(3)18-28-13-14-32(45)34(21-28)52-6/h18,20,24,26-28,30-38,45-46,50-51H,9-17,19,21-23H2,1-8H3/b25-18+/t24-,26+,27+,28-,30+,31-,32+,33-,34+,35-,36-,37?,38+,42?,43+/m0/s1. The summed E-state index contributed by atoms with van der Waals surface area (Å²) < 4.78 is 36.1. The number of nitrogens with zero attached hydrogens (tertiary/aromatic N) is 1. The van der Waals surface area contributed by atoms with Crippen LogP contribution in [0.2, 0.25) is 0 Å². The minimum absolute atomic E-state index is 0.00402. The lowest BCUT2D eigenvalue weighted by Gasteiger charge is -2.47. The van der Waals surface area contributed by atoms with E-state index in [0.717, 1.165) is 5.57 Å². The molecule has 1 amide bonds. The second kappa shape index (κ2) is 19.4. The van der Waals surface area contributed by atoms with Crippen molar-refractivity contribution < 1.29 is 63.2 Å². The van der Waals surface area contributed by atoms with Crippen LogP contribution in [0.1, 0.15) is 105 Å². The normalized spacial score (nSPS) is 43.5.